The molecule has 19 heavy (non-hydrogen) atoms. The molecule has 0 amide bonds. The van der Waals surface area contributed by atoms with E-state index in [1.54, 1.807) is 42.5 Å². The van der Waals surface area contributed by atoms with Gasteiger partial charge in [-0.05, 0) is 23.8 Å². The molecule has 3 aromatic rings. The molecule has 2 aromatic carbocycles. The molecular weight excluding hydrogens is 244 g/mol. The Bertz CT molecular complexity index is 846. The van der Waals surface area contributed by atoms with Crippen molar-refractivity contribution >= 4 is 27.9 Å². The fraction of sp³-hybridized carbons (Fsp3) is 0.0667. The van der Waals surface area contributed by atoms with Gasteiger partial charge in [0.25, 0.3) is 0 Å². The van der Waals surface area contributed by atoms with E-state index in [1.807, 2.05) is 0 Å². The molecule has 4 heteroatoms. The van der Waals surface area contributed by atoms with E-state index in [2.05, 4.69) is 0 Å². The molecule has 0 aliphatic rings. The summed E-state index contributed by atoms with van der Waals surface area (Å²) in [4.78, 5) is 23.3. The van der Waals surface area contributed by atoms with Gasteiger partial charge in [0.15, 0.2) is 0 Å². The average molecular weight is 254 g/mol. The number of fused-ring (bicyclic) bond motifs is 2. The Morgan fingerprint density at radius 1 is 1.05 bits per heavy atom. The van der Waals surface area contributed by atoms with Crippen LogP contribution in [0.2, 0.25) is 0 Å². The van der Waals surface area contributed by atoms with Crippen LogP contribution in [0.4, 0.5) is 0 Å². The Labute approximate surface area is 107 Å². The number of aliphatic carboxylic acids is 1. The number of para-hydroxylation sites is 1. The Balaban J connectivity index is 2.45. The van der Waals surface area contributed by atoms with Crippen molar-refractivity contribution in [2.24, 2.45) is 0 Å². The van der Waals surface area contributed by atoms with Crippen LogP contribution in [0.3, 0.4) is 0 Å². The SMILES string of the molecule is O=C(O)Cc1cccc2oc3ccccc3c(=O)c12. The molecule has 0 fully saturated rings. The fourth-order valence-corrected chi connectivity index (χ4v) is 2.23. The van der Waals surface area contributed by atoms with Gasteiger partial charge in [-0.3, -0.25) is 9.59 Å². The quantitative estimate of drug-likeness (QED) is 0.714. The highest BCUT2D eigenvalue weighted by Crippen LogP contribution is 2.21. The summed E-state index contributed by atoms with van der Waals surface area (Å²) in [7, 11) is 0. The minimum absolute atomic E-state index is 0.186. The predicted octanol–water partition coefficient (Wildman–Crippen LogP) is 2.57. The van der Waals surface area contributed by atoms with Crippen LogP contribution in [0.5, 0.6) is 0 Å². The Morgan fingerprint density at radius 3 is 2.58 bits per heavy atom. The molecule has 1 aromatic heterocycles. The van der Waals surface area contributed by atoms with Crippen LogP contribution in [0.25, 0.3) is 21.9 Å². The molecule has 0 aliphatic carbocycles. The van der Waals surface area contributed by atoms with Crippen molar-refractivity contribution in [1.29, 1.82) is 0 Å². The first-order valence-electron chi connectivity index (χ1n) is 5.82. The largest absolute Gasteiger partial charge is 0.481 e. The maximum atomic E-state index is 12.4. The van der Waals surface area contributed by atoms with E-state index in [9.17, 15) is 9.59 Å². The summed E-state index contributed by atoms with van der Waals surface area (Å²) in [6.45, 7) is 0. The average Bonchev–Trinajstić information content (AvgIpc) is 2.38. The smallest absolute Gasteiger partial charge is 0.307 e. The summed E-state index contributed by atoms with van der Waals surface area (Å²) in [5.41, 5.74) is 1.22. The minimum atomic E-state index is -0.972. The summed E-state index contributed by atoms with van der Waals surface area (Å²) < 4.78 is 5.66. The topological polar surface area (TPSA) is 67.5 Å². The van der Waals surface area contributed by atoms with Crippen LogP contribution in [-0.4, -0.2) is 11.1 Å². The summed E-state index contributed by atoms with van der Waals surface area (Å²) in [5, 5.41) is 9.71. The maximum absolute atomic E-state index is 12.4. The van der Waals surface area contributed by atoms with Crippen LogP contribution in [0, 0.1) is 0 Å². The first-order valence-corrected chi connectivity index (χ1v) is 5.82. The van der Waals surface area contributed by atoms with Gasteiger partial charge in [0.2, 0.25) is 5.43 Å². The zero-order valence-electron chi connectivity index (χ0n) is 9.92. The molecular formula is C15H10O4. The number of hydrogen-bond acceptors (Lipinski definition) is 3. The van der Waals surface area contributed by atoms with E-state index in [4.69, 9.17) is 9.52 Å². The monoisotopic (exact) mass is 254 g/mol. The van der Waals surface area contributed by atoms with E-state index in [1.165, 1.54) is 0 Å². The van der Waals surface area contributed by atoms with Crippen LogP contribution in [0.15, 0.2) is 51.7 Å². The Morgan fingerprint density at radius 2 is 1.79 bits per heavy atom. The van der Waals surface area contributed by atoms with E-state index in [0.29, 0.717) is 27.5 Å². The number of carbonyl (C=O) groups is 1. The molecule has 3 rings (SSSR count). The van der Waals surface area contributed by atoms with Gasteiger partial charge in [-0.15, -0.1) is 0 Å². The molecule has 0 saturated heterocycles. The number of hydrogen-bond donors (Lipinski definition) is 1. The van der Waals surface area contributed by atoms with Crippen molar-refractivity contribution in [1.82, 2.24) is 0 Å². The second-order valence-corrected chi connectivity index (χ2v) is 4.29. The van der Waals surface area contributed by atoms with Gasteiger partial charge in [-0.25, -0.2) is 0 Å². The molecule has 0 spiro atoms. The molecule has 0 unspecified atom stereocenters. The van der Waals surface area contributed by atoms with E-state index in [0.717, 1.165) is 0 Å². The lowest BCUT2D eigenvalue weighted by Crippen LogP contribution is -2.08. The molecule has 0 radical (unpaired) electrons. The van der Waals surface area contributed by atoms with Gasteiger partial charge in [0.05, 0.1) is 17.2 Å². The first kappa shape index (κ1) is 11.5. The lowest BCUT2D eigenvalue weighted by atomic mass is 10.0. The molecule has 0 aliphatic heterocycles. The third-order valence-corrected chi connectivity index (χ3v) is 3.03. The van der Waals surface area contributed by atoms with Crippen LogP contribution in [0.1, 0.15) is 5.56 Å². The van der Waals surface area contributed by atoms with Crippen molar-refractivity contribution in [3.8, 4) is 0 Å². The second-order valence-electron chi connectivity index (χ2n) is 4.29. The van der Waals surface area contributed by atoms with Crippen LogP contribution in [-0.2, 0) is 11.2 Å². The zero-order chi connectivity index (χ0) is 13.4. The summed E-state index contributed by atoms with van der Waals surface area (Å²) in [6, 6.07) is 12.0. The number of carboxylic acids is 1. The van der Waals surface area contributed by atoms with Crippen molar-refractivity contribution in [2.75, 3.05) is 0 Å². The lowest BCUT2D eigenvalue weighted by molar-refractivity contribution is -0.136. The molecule has 0 saturated carbocycles. The minimum Gasteiger partial charge on any atom is -0.481 e. The molecule has 1 heterocycles. The van der Waals surface area contributed by atoms with Gasteiger partial charge in [-0.2, -0.15) is 0 Å². The Hall–Kier alpha value is -2.62. The summed E-state index contributed by atoms with van der Waals surface area (Å²) in [6.07, 6.45) is -0.194. The first-order chi connectivity index (χ1) is 9.16. The maximum Gasteiger partial charge on any atom is 0.307 e. The van der Waals surface area contributed by atoms with E-state index >= 15 is 0 Å². The van der Waals surface area contributed by atoms with Gasteiger partial charge in [0.1, 0.15) is 11.2 Å². The highest BCUT2D eigenvalue weighted by molar-refractivity contribution is 5.92. The van der Waals surface area contributed by atoms with E-state index in [-0.39, 0.29) is 11.8 Å². The third kappa shape index (κ3) is 1.87. The summed E-state index contributed by atoms with van der Waals surface area (Å²) >= 11 is 0. The van der Waals surface area contributed by atoms with Crippen molar-refractivity contribution in [2.45, 2.75) is 6.42 Å². The number of carboxylic acid groups (broad SMARTS) is 1. The second kappa shape index (κ2) is 4.24. The van der Waals surface area contributed by atoms with E-state index < -0.39 is 5.97 Å². The highest BCUT2D eigenvalue weighted by Gasteiger charge is 2.12. The predicted molar refractivity (Wildman–Crippen MR) is 71.3 cm³/mol. The lowest BCUT2D eigenvalue weighted by Gasteiger charge is -2.05. The highest BCUT2D eigenvalue weighted by atomic mass is 16.4. The van der Waals surface area contributed by atoms with Gasteiger partial charge >= 0.3 is 5.97 Å². The van der Waals surface area contributed by atoms with Crippen LogP contribution >= 0.6 is 0 Å². The number of benzene rings is 2. The van der Waals surface area contributed by atoms with Crippen LogP contribution < -0.4 is 5.43 Å². The standard InChI is InChI=1S/C15H10O4/c16-13(17)8-9-4-3-7-12-14(9)15(18)10-5-1-2-6-11(10)19-12/h1-7H,8H2,(H,16,17). The van der Waals surface area contributed by atoms with Crippen molar-refractivity contribution < 1.29 is 14.3 Å². The number of rotatable bonds is 2. The summed E-state index contributed by atoms with van der Waals surface area (Å²) in [5.74, 6) is -0.972. The molecule has 0 atom stereocenters. The molecule has 0 bridgehead atoms. The fourth-order valence-electron chi connectivity index (χ4n) is 2.23. The molecule has 94 valence electrons. The molecule has 1 N–H and O–H groups in total. The third-order valence-electron chi connectivity index (χ3n) is 3.03. The normalized spacial score (nSPS) is 10.9. The Kier molecular flexibility index (Phi) is 2.56. The zero-order valence-corrected chi connectivity index (χ0v) is 9.92. The van der Waals surface area contributed by atoms with Crippen molar-refractivity contribution in [3.63, 3.8) is 0 Å². The van der Waals surface area contributed by atoms with Gasteiger partial charge in [0, 0.05) is 0 Å². The van der Waals surface area contributed by atoms with Gasteiger partial charge < -0.3 is 9.52 Å². The van der Waals surface area contributed by atoms with Gasteiger partial charge in [-0.1, -0.05) is 24.3 Å². The van der Waals surface area contributed by atoms with Crippen molar-refractivity contribution in [3.05, 3.63) is 58.3 Å². The molecule has 4 nitrogen and oxygen atoms in total.